The Kier molecular flexibility index (Phi) is 15.0. The number of hydroxylamine groups is 1. The summed E-state index contributed by atoms with van der Waals surface area (Å²) in [7, 11) is 0. The molecule has 1 fully saturated rings. The van der Waals surface area contributed by atoms with Crippen molar-refractivity contribution in [1.29, 1.82) is 0 Å². The number of esters is 1. The van der Waals surface area contributed by atoms with Crippen LogP contribution in [-0.2, 0) is 41.9 Å². The number of nitrogens with one attached hydrogen (secondary N) is 1. The average Bonchev–Trinajstić information content (AvgIpc) is 3.04. The maximum Gasteiger partial charge on any atom is 0.429 e. The van der Waals surface area contributed by atoms with Crippen molar-refractivity contribution in [2.45, 2.75) is 117 Å². The predicted octanol–water partition coefficient (Wildman–Crippen LogP) is 6.88. The number of ether oxygens (including phenoxy) is 2. The molecule has 2 atom stereocenters. The summed E-state index contributed by atoms with van der Waals surface area (Å²) < 4.78 is 11.3. The van der Waals surface area contributed by atoms with E-state index in [4.69, 9.17) is 14.3 Å². The van der Waals surface area contributed by atoms with E-state index in [1.54, 1.807) is 20.8 Å². The summed E-state index contributed by atoms with van der Waals surface area (Å²) in [6, 6.07) is 17.6. The van der Waals surface area contributed by atoms with Crippen LogP contribution < -0.4 is 5.48 Å². The van der Waals surface area contributed by atoms with Crippen molar-refractivity contribution in [1.82, 2.24) is 15.5 Å². The number of hydrazine groups is 1. The minimum Gasteiger partial charge on any atom is -0.458 e. The predicted molar refractivity (Wildman–Crippen MR) is 175 cm³/mol. The van der Waals surface area contributed by atoms with Crippen LogP contribution in [0, 0.1) is 5.92 Å². The van der Waals surface area contributed by atoms with E-state index in [1.807, 2.05) is 60.7 Å². The minimum absolute atomic E-state index is 0.0116. The zero-order valence-corrected chi connectivity index (χ0v) is 27.9. The van der Waals surface area contributed by atoms with Gasteiger partial charge in [-0.05, 0) is 51.2 Å². The van der Waals surface area contributed by atoms with Gasteiger partial charge >= 0.3 is 12.1 Å². The normalized spacial score (nSPS) is 15.6. The molecule has 1 aliphatic rings. The first-order chi connectivity index (χ1) is 22.1. The monoisotopic (exact) mass is 637 g/mol. The lowest BCUT2D eigenvalue weighted by Crippen LogP contribution is -2.62. The van der Waals surface area contributed by atoms with Crippen molar-refractivity contribution < 1.29 is 33.5 Å². The van der Waals surface area contributed by atoms with E-state index in [0.29, 0.717) is 19.3 Å². The van der Waals surface area contributed by atoms with Gasteiger partial charge in [0.25, 0.3) is 0 Å². The van der Waals surface area contributed by atoms with Crippen molar-refractivity contribution in [2.24, 2.45) is 5.92 Å². The Morgan fingerprint density at radius 3 is 2.11 bits per heavy atom. The van der Waals surface area contributed by atoms with Gasteiger partial charge in [-0.1, -0.05) is 106 Å². The first-order valence-electron chi connectivity index (χ1n) is 16.6. The van der Waals surface area contributed by atoms with Crippen LogP contribution in [0.1, 0.15) is 103 Å². The number of hydrogen-bond acceptors (Lipinski definition) is 7. The second-order valence-electron chi connectivity index (χ2n) is 12.8. The third-order valence-electron chi connectivity index (χ3n) is 7.68. The summed E-state index contributed by atoms with van der Waals surface area (Å²) in [5.74, 6) is -2.34. The first-order valence-corrected chi connectivity index (χ1v) is 16.6. The number of rotatable bonds is 16. The third-order valence-corrected chi connectivity index (χ3v) is 7.68. The maximum absolute atomic E-state index is 14.4. The highest BCUT2D eigenvalue weighted by Crippen LogP contribution is 2.28. The molecule has 0 radical (unpaired) electrons. The molecule has 252 valence electrons. The van der Waals surface area contributed by atoms with E-state index in [-0.39, 0.29) is 26.2 Å². The van der Waals surface area contributed by atoms with Gasteiger partial charge in [0.15, 0.2) is 6.04 Å². The van der Waals surface area contributed by atoms with Crippen LogP contribution in [0.4, 0.5) is 4.79 Å². The van der Waals surface area contributed by atoms with Gasteiger partial charge in [0, 0.05) is 18.9 Å². The molecule has 0 aromatic heterocycles. The van der Waals surface area contributed by atoms with Crippen molar-refractivity contribution in [2.75, 3.05) is 6.54 Å². The SMILES string of the molecule is CCCCCCCC[C@H](CC(=O)NOCc1ccccc1)C(=O)N1[C@H](C(=O)OC(C)(C)C)CCCN1C(=O)OCc1ccccc1. The van der Waals surface area contributed by atoms with Gasteiger partial charge in [0.05, 0.1) is 6.61 Å². The Hall–Kier alpha value is -3.92. The number of hydrogen-bond donors (Lipinski definition) is 1. The molecule has 0 unspecified atom stereocenters. The van der Waals surface area contributed by atoms with Crippen LogP contribution in [0.15, 0.2) is 60.7 Å². The Morgan fingerprint density at radius 1 is 0.870 bits per heavy atom. The van der Waals surface area contributed by atoms with Crippen molar-refractivity contribution >= 4 is 23.9 Å². The van der Waals surface area contributed by atoms with Crippen LogP contribution in [-0.4, -0.2) is 52.1 Å². The van der Waals surface area contributed by atoms with Gasteiger partial charge in [-0.2, -0.15) is 0 Å². The third kappa shape index (κ3) is 12.5. The second-order valence-corrected chi connectivity index (χ2v) is 12.8. The van der Waals surface area contributed by atoms with E-state index in [9.17, 15) is 19.2 Å². The molecular weight excluding hydrogens is 586 g/mol. The molecule has 10 nitrogen and oxygen atoms in total. The highest BCUT2D eigenvalue weighted by molar-refractivity contribution is 5.90. The molecule has 2 aromatic carbocycles. The van der Waals surface area contributed by atoms with Crippen LogP contribution >= 0.6 is 0 Å². The minimum atomic E-state index is -1.03. The summed E-state index contributed by atoms with van der Waals surface area (Å²) in [6.07, 6.45) is 6.36. The molecule has 1 aliphatic heterocycles. The van der Waals surface area contributed by atoms with Crippen molar-refractivity contribution in [3.8, 4) is 0 Å². The molecule has 1 heterocycles. The summed E-state index contributed by atoms with van der Waals surface area (Å²) in [5, 5.41) is 2.41. The van der Waals surface area contributed by atoms with E-state index in [0.717, 1.165) is 49.7 Å². The molecule has 0 spiro atoms. The Labute approximate surface area is 273 Å². The van der Waals surface area contributed by atoms with E-state index in [2.05, 4.69) is 12.4 Å². The number of nitrogens with zero attached hydrogens (tertiary/aromatic N) is 2. The molecule has 0 saturated carbocycles. The van der Waals surface area contributed by atoms with Gasteiger partial charge in [-0.25, -0.2) is 25.1 Å². The van der Waals surface area contributed by atoms with Gasteiger partial charge in [0.2, 0.25) is 11.8 Å². The van der Waals surface area contributed by atoms with Gasteiger partial charge in [-0.15, -0.1) is 0 Å². The molecule has 1 N–H and O–H groups in total. The number of carbonyl (C=O) groups excluding carboxylic acids is 4. The molecule has 3 rings (SSSR count). The zero-order chi connectivity index (χ0) is 33.4. The number of unbranched alkanes of at least 4 members (excludes halogenated alkanes) is 5. The largest absolute Gasteiger partial charge is 0.458 e. The molecule has 0 bridgehead atoms. The quantitative estimate of drug-likeness (QED) is 0.121. The van der Waals surface area contributed by atoms with Crippen LogP contribution in [0.25, 0.3) is 0 Å². The lowest BCUT2D eigenvalue weighted by atomic mass is 9.94. The fourth-order valence-corrected chi connectivity index (χ4v) is 5.38. The fraction of sp³-hybridized carbons (Fsp3) is 0.556. The molecular formula is C36H51N3O7. The number of carbonyl (C=O) groups is 4. The first kappa shape index (κ1) is 36.5. The summed E-state index contributed by atoms with van der Waals surface area (Å²) >= 11 is 0. The van der Waals surface area contributed by atoms with Crippen LogP contribution in [0.2, 0.25) is 0 Å². The summed E-state index contributed by atoms with van der Waals surface area (Å²) in [5.41, 5.74) is 3.36. The molecule has 10 heteroatoms. The van der Waals surface area contributed by atoms with Crippen molar-refractivity contribution in [3.63, 3.8) is 0 Å². The Bertz CT molecular complexity index is 1230. The lowest BCUT2D eigenvalue weighted by molar-refractivity contribution is -0.183. The van der Waals surface area contributed by atoms with Gasteiger partial charge in [0.1, 0.15) is 12.2 Å². The van der Waals surface area contributed by atoms with E-state index < -0.39 is 41.4 Å². The molecule has 2 aromatic rings. The smallest absolute Gasteiger partial charge is 0.429 e. The van der Waals surface area contributed by atoms with Crippen molar-refractivity contribution in [3.05, 3.63) is 71.8 Å². The number of benzene rings is 2. The molecule has 3 amide bonds. The van der Waals surface area contributed by atoms with Crippen LogP contribution in [0.5, 0.6) is 0 Å². The van der Waals surface area contributed by atoms with E-state index >= 15 is 0 Å². The van der Waals surface area contributed by atoms with Gasteiger partial charge in [-0.3, -0.25) is 14.4 Å². The summed E-state index contributed by atoms with van der Waals surface area (Å²) in [6.45, 7) is 7.80. The highest BCUT2D eigenvalue weighted by Gasteiger charge is 2.44. The average molecular weight is 638 g/mol. The lowest BCUT2D eigenvalue weighted by Gasteiger charge is -2.43. The Balaban J connectivity index is 1.80. The Morgan fingerprint density at radius 2 is 1.48 bits per heavy atom. The maximum atomic E-state index is 14.4. The molecule has 46 heavy (non-hydrogen) atoms. The van der Waals surface area contributed by atoms with Crippen LogP contribution in [0.3, 0.4) is 0 Å². The van der Waals surface area contributed by atoms with E-state index in [1.165, 1.54) is 10.0 Å². The fourth-order valence-electron chi connectivity index (χ4n) is 5.38. The topological polar surface area (TPSA) is 114 Å². The van der Waals surface area contributed by atoms with Gasteiger partial charge < -0.3 is 9.47 Å². The standard InChI is InChI=1S/C36H51N3O7/c1-5-6-7-8-9-16-22-30(25-32(40)37-45-27-29-20-14-11-15-21-29)33(41)39-31(34(42)46-36(2,3)4)23-17-24-38(39)35(43)44-26-28-18-12-10-13-19-28/h10-15,18-21,30-31H,5-9,16-17,22-27H2,1-4H3,(H,37,40)/t30-,31+/m1/s1. The summed E-state index contributed by atoms with van der Waals surface area (Å²) in [4.78, 5) is 59.9. The highest BCUT2D eigenvalue weighted by atomic mass is 16.6. The molecule has 0 aliphatic carbocycles. The zero-order valence-electron chi connectivity index (χ0n) is 27.9. The second kappa shape index (κ2) is 18.9. The number of amides is 3. The molecule has 1 saturated heterocycles.